The van der Waals surface area contributed by atoms with Gasteiger partial charge in [-0.3, -0.25) is 9.59 Å². The van der Waals surface area contributed by atoms with Gasteiger partial charge in [-0.05, 0) is 31.5 Å². The number of fused-ring (bicyclic) bond motifs is 1. The van der Waals surface area contributed by atoms with Crippen LogP contribution in [0, 0.1) is 16.7 Å². The topological polar surface area (TPSA) is 82.9 Å². The number of hydrogen-bond acceptors (Lipinski definition) is 7. The third-order valence-electron chi connectivity index (χ3n) is 6.05. The summed E-state index contributed by atoms with van der Waals surface area (Å²) in [6.45, 7) is 11.1. The van der Waals surface area contributed by atoms with E-state index in [9.17, 15) is 14.9 Å². The first-order valence-corrected chi connectivity index (χ1v) is 11.0. The fraction of sp³-hybridized carbons (Fsp3) is 0.435. The van der Waals surface area contributed by atoms with Crippen LogP contribution in [0.15, 0.2) is 43.5 Å². The number of carbonyl (C=O) groups excluding carboxylic acids is 2. The third-order valence-corrected chi connectivity index (χ3v) is 7.11. The van der Waals surface area contributed by atoms with Crippen molar-refractivity contribution >= 4 is 37.1 Å². The van der Waals surface area contributed by atoms with Gasteiger partial charge in [-0.25, -0.2) is 0 Å². The molecule has 2 amide bonds. The molecule has 2 aliphatic heterocycles. The van der Waals surface area contributed by atoms with E-state index in [1.165, 1.54) is 16.8 Å². The zero-order chi connectivity index (χ0) is 23.9. The number of amides is 2. The molecule has 0 N–H and O–H groups in total. The van der Waals surface area contributed by atoms with Crippen LogP contribution in [-0.2, 0) is 9.59 Å². The Hall–Kier alpha value is -2.57. The van der Waals surface area contributed by atoms with Crippen molar-refractivity contribution in [3.05, 3.63) is 49.1 Å². The van der Waals surface area contributed by atoms with E-state index in [2.05, 4.69) is 44.5 Å². The molecule has 3 unspecified atom stereocenters. The fourth-order valence-electron chi connectivity index (χ4n) is 4.34. The van der Waals surface area contributed by atoms with Crippen molar-refractivity contribution in [2.45, 2.75) is 36.1 Å². The molecule has 1 aromatic carbocycles. The van der Waals surface area contributed by atoms with Gasteiger partial charge < -0.3 is 19.3 Å². The largest absolute Gasteiger partial charge is 0.486 e. The first-order valence-electron chi connectivity index (χ1n) is 10.1. The molecule has 2 fully saturated rings. The van der Waals surface area contributed by atoms with E-state index in [4.69, 9.17) is 9.47 Å². The molecule has 1 aromatic rings. The quantitative estimate of drug-likeness (QED) is 0.469. The van der Waals surface area contributed by atoms with E-state index in [1.54, 1.807) is 44.2 Å². The number of likely N-dealkylation sites (N-methyl/N-ethyl adjacent to an activating group) is 1. The van der Waals surface area contributed by atoms with Crippen LogP contribution in [0.5, 0.6) is 11.5 Å². The van der Waals surface area contributed by atoms with Gasteiger partial charge >= 0.3 is 0 Å². The molecule has 0 spiro atoms. The first kappa shape index (κ1) is 24.1. The Morgan fingerprint density at radius 1 is 1.16 bits per heavy atom. The highest BCUT2D eigenvalue weighted by Crippen LogP contribution is 2.59. The normalized spacial score (nSPS) is 31.7. The highest BCUT2D eigenvalue weighted by molar-refractivity contribution is 7.83. The highest BCUT2D eigenvalue weighted by atomic mass is 32.1. The predicted molar refractivity (Wildman–Crippen MR) is 128 cm³/mol. The SMILES string of the molecule is C=CCOc1ccc(C2N3C(=O)C(C)(S)N(C)C(=O)C3(S)C[C@]2(C)C#N)cc1OCC=C. The van der Waals surface area contributed by atoms with E-state index >= 15 is 0 Å². The van der Waals surface area contributed by atoms with E-state index in [0.717, 1.165) is 0 Å². The van der Waals surface area contributed by atoms with Crippen LogP contribution in [0.25, 0.3) is 0 Å². The van der Waals surface area contributed by atoms with Crippen molar-refractivity contribution in [3.63, 3.8) is 0 Å². The molecule has 7 nitrogen and oxygen atoms in total. The Morgan fingerprint density at radius 2 is 1.75 bits per heavy atom. The molecule has 0 saturated carbocycles. The molecule has 3 rings (SSSR count). The molecule has 2 saturated heterocycles. The minimum Gasteiger partial charge on any atom is -0.486 e. The number of thiol groups is 2. The van der Waals surface area contributed by atoms with Gasteiger partial charge in [0, 0.05) is 13.5 Å². The number of carbonyl (C=O) groups is 2. The molecule has 4 atom stereocenters. The van der Waals surface area contributed by atoms with Crippen LogP contribution in [0.2, 0.25) is 0 Å². The van der Waals surface area contributed by atoms with Crippen LogP contribution < -0.4 is 9.47 Å². The van der Waals surface area contributed by atoms with Gasteiger partial charge in [-0.2, -0.15) is 5.26 Å². The average molecular weight is 474 g/mol. The second-order valence-corrected chi connectivity index (χ2v) is 10.0. The summed E-state index contributed by atoms with van der Waals surface area (Å²) in [5, 5.41) is 10.1. The molecule has 32 heavy (non-hydrogen) atoms. The fourth-order valence-corrected chi connectivity index (χ4v) is 5.22. The minimum atomic E-state index is -1.47. The Morgan fingerprint density at radius 3 is 2.31 bits per heavy atom. The molecule has 2 heterocycles. The monoisotopic (exact) mass is 473 g/mol. The van der Waals surface area contributed by atoms with Crippen molar-refractivity contribution in [3.8, 4) is 17.6 Å². The lowest BCUT2D eigenvalue weighted by Gasteiger charge is -2.50. The maximum atomic E-state index is 13.6. The molecular weight excluding hydrogens is 446 g/mol. The van der Waals surface area contributed by atoms with Crippen LogP contribution in [0.1, 0.15) is 31.9 Å². The zero-order valence-electron chi connectivity index (χ0n) is 18.4. The van der Waals surface area contributed by atoms with Crippen molar-refractivity contribution in [1.82, 2.24) is 9.80 Å². The van der Waals surface area contributed by atoms with Crippen molar-refractivity contribution in [2.75, 3.05) is 20.3 Å². The predicted octanol–water partition coefficient (Wildman–Crippen LogP) is 3.36. The van der Waals surface area contributed by atoms with E-state index in [1.807, 2.05) is 0 Å². The molecule has 0 radical (unpaired) electrons. The van der Waals surface area contributed by atoms with E-state index < -0.39 is 27.1 Å². The summed E-state index contributed by atoms with van der Waals surface area (Å²) < 4.78 is 11.5. The van der Waals surface area contributed by atoms with Gasteiger partial charge in [0.25, 0.3) is 11.8 Å². The average Bonchev–Trinajstić information content (AvgIpc) is 3.02. The third kappa shape index (κ3) is 3.55. The molecule has 9 heteroatoms. The van der Waals surface area contributed by atoms with Gasteiger partial charge in [0.1, 0.15) is 13.2 Å². The number of rotatable bonds is 7. The molecule has 0 aliphatic carbocycles. The van der Waals surface area contributed by atoms with Crippen LogP contribution in [0.3, 0.4) is 0 Å². The molecule has 0 bridgehead atoms. The smallest absolute Gasteiger partial charge is 0.260 e. The highest BCUT2D eigenvalue weighted by Gasteiger charge is 2.68. The van der Waals surface area contributed by atoms with Gasteiger partial charge in [0.05, 0.1) is 17.5 Å². The number of piperazine rings is 1. The summed E-state index contributed by atoms with van der Waals surface area (Å²) in [5.74, 6) is 0.144. The Kier molecular flexibility index (Phi) is 6.33. The zero-order valence-corrected chi connectivity index (χ0v) is 20.2. The second-order valence-electron chi connectivity index (χ2n) is 8.39. The number of nitriles is 1. The number of hydrogen-bond donors (Lipinski definition) is 2. The van der Waals surface area contributed by atoms with Crippen LogP contribution in [0.4, 0.5) is 0 Å². The maximum absolute atomic E-state index is 13.6. The Balaban J connectivity index is 2.17. The second kappa shape index (κ2) is 8.41. The molecule has 170 valence electrons. The van der Waals surface area contributed by atoms with Gasteiger partial charge in [-0.15, -0.1) is 25.3 Å². The lowest BCUT2D eigenvalue weighted by molar-refractivity contribution is -0.163. The maximum Gasteiger partial charge on any atom is 0.260 e. The Labute approximate surface area is 199 Å². The van der Waals surface area contributed by atoms with Crippen molar-refractivity contribution < 1.29 is 19.1 Å². The number of ether oxygens (including phenoxy) is 2. The number of benzene rings is 1. The minimum absolute atomic E-state index is 0.0701. The van der Waals surface area contributed by atoms with Crippen LogP contribution >= 0.6 is 25.3 Å². The lowest BCUT2D eigenvalue weighted by Crippen LogP contribution is -2.69. The summed E-state index contributed by atoms with van der Waals surface area (Å²) in [7, 11) is 1.52. The van der Waals surface area contributed by atoms with Gasteiger partial charge in [0.2, 0.25) is 0 Å². The Bertz CT molecular complexity index is 1020. The summed E-state index contributed by atoms with van der Waals surface area (Å²) in [6, 6.07) is 6.79. The van der Waals surface area contributed by atoms with E-state index in [0.29, 0.717) is 17.1 Å². The first-order chi connectivity index (χ1) is 15.0. The summed E-state index contributed by atoms with van der Waals surface area (Å²) in [4.78, 5) is 26.7. The summed E-state index contributed by atoms with van der Waals surface area (Å²) in [6.07, 6.45) is 3.29. The number of nitrogens with zero attached hydrogens (tertiary/aromatic N) is 3. The summed E-state index contributed by atoms with van der Waals surface area (Å²) >= 11 is 9.15. The lowest BCUT2D eigenvalue weighted by atomic mass is 9.79. The van der Waals surface area contributed by atoms with Crippen molar-refractivity contribution in [2.24, 2.45) is 5.41 Å². The van der Waals surface area contributed by atoms with Gasteiger partial charge in [0.15, 0.2) is 21.2 Å². The standard InChI is InChI=1S/C23H27N3O4S2/c1-6-10-29-16-9-8-15(12-17(16)30-11-7-2)18-21(3,14-24)13-23(32)20(28)25(5)22(4,31)19(27)26(18)23/h6-9,12,18,31-32H,1-2,10-11,13H2,3-5H3/t18?,21-,22?,23?/m1/s1. The summed E-state index contributed by atoms with van der Waals surface area (Å²) in [5.41, 5.74) is -0.453. The van der Waals surface area contributed by atoms with Crippen LogP contribution in [-0.4, -0.2) is 51.6 Å². The molecular formula is C23H27N3O4S2. The molecule has 2 aliphatic rings. The van der Waals surface area contributed by atoms with E-state index in [-0.39, 0.29) is 25.5 Å². The van der Waals surface area contributed by atoms with Gasteiger partial charge in [-0.1, -0.05) is 31.4 Å². The van der Waals surface area contributed by atoms with Crippen molar-refractivity contribution in [1.29, 1.82) is 5.26 Å². The molecule has 0 aromatic heterocycles.